The molecule has 13 heteroatoms. The van der Waals surface area contributed by atoms with Gasteiger partial charge in [-0.25, -0.2) is 4.90 Å². The van der Waals surface area contributed by atoms with Gasteiger partial charge in [-0.1, -0.05) is 70.7 Å². The third kappa shape index (κ3) is 5.29. The first-order valence-corrected chi connectivity index (χ1v) is 18.5. The van der Waals surface area contributed by atoms with Crippen molar-refractivity contribution >= 4 is 69.8 Å². The summed E-state index contributed by atoms with van der Waals surface area (Å²) < 4.78 is 10.8. The third-order valence-electron chi connectivity index (χ3n) is 11.5. The molecule has 0 spiro atoms. The molecule has 8 rings (SSSR count). The molecular formula is C41H34Cl3N3O7. The number of carbonyl (C=O) groups is 4. The number of nitrogens with zero attached hydrogens (tertiary/aromatic N) is 2. The highest BCUT2D eigenvalue weighted by molar-refractivity contribution is 6.36. The summed E-state index contributed by atoms with van der Waals surface area (Å²) in [4.78, 5) is 60.2. The van der Waals surface area contributed by atoms with Crippen molar-refractivity contribution in [1.82, 2.24) is 5.01 Å². The lowest BCUT2D eigenvalue weighted by Crippen LogP contribution is -2.53. The number of rotatable bonds is 7. The number of nitrogens with one attached hydrogen (secondary N) is 1. The van der Waals surface area contributed by atoms with Crippen LogP contribution in [-0.4, -0.2) is 48.0 Å². The Morgan fingerprint density at radius 2 is 1.57 bits per heavy atom. The number of benzene rings is 4. The number of carbonyl (C=O) groups excluding carboxylic acids is 4. The van der Waals surface area contributed by atoms with Crippen molar-refractivity contribution in [2.24, 2.45) is 23.7 Å². The van der Waals surface area contributed by atoms with E-state index >= 15 is 4.79 Å². The van der Waals surface area contributed by atoms with Gasteiger partial charge < -0.3 is 14.6 Å². The first-order valence-electron chi connectivity index (χ1n) is 17.4. The van der Waals surface area contributed by atoms with Gasteiger partial charge in [0.1, 0.15) is 5.75 Å². The molecule has 54 heavy (non-hydrogen) atoms. The molecule has 4 aliphatic rings. The van der Waals surface area contributed by atoms with Gasteiger partial charge in [-0.2, -0.15) is 5.01 Å². The molecule has 4 aromatic rings. The number of anilines is 2. The number of halogens is 3. The topological polar surface area (TPSA) is 125 Å². The van der Waals surface area contributed by atoms with Crippen LogP contribution in [0.1, 0.15) is 35.4 Å². The summed E-state index contributed by atoms with van der Waals surface area (Å²) >= 11 is 19.2. The summed E-state index contributed by atoms with van der Waals surface area (Å²) in [6.45, 7) is 1.84. The average Bonchev–Trinajstić information content (AvgIpc) is 3.54. The zero-order chi connectivity index (χ0) is 38.2. The van der Waals surface area contributed by atoms with E-state index in [1.807, 2.05) is 13.0 Å². The van der Waals surface area contributed by atoms with Crippen molar-refractivity contribution in [3.63, 3.8) is 0 Å². The number of aryl methyl sites for hydroxylation is 1. The first-order chi connectivity index (χ1) is 25.9. The first kappa shape index (κ1) is 36.0. The second kappa shape index (κ2) is 13.4. The summed E-state index contributed by atoms with van der Waals surface area (Å²) in [5.74, 6) is -5.27. The quantitative estimate of drug-likeness (QED) is 0.143. The van der Waals surface area contributed by atoms with Gasteiger partial charge >= 0.3 is 0 Å². The maximum absolute atomic E-state index is 15.4. The Bertz CT molecular complexity index is 2300. The molecule has 2 heterocycles. The van der Waals surface area contributed by atoms with Crippen LogP contribution in [-0.2, 0) is 24.6 Å². The van der Waals surface area contributed by atoms with Crippen LogP contribution < -0.4 is 19.8 Å². The number of imide groups is 2. The number of amides is 4. The average molecular weight is 787 g/mol. The monoisotopic (exact) mass is 785 g/mol. The standard InChI is InChI=1S/C41H34Cl3N3O7/c1-20-4-9-24(18-30(20)43)46-37(49)27-13-12-26-28(35(27)39(46)51)19-29-38(50)47(45-32-14-8-23(42)17-31(32)44)40(52)41(29,22-6-10-25(53-2)11-7-22)36(26)21-5-15-34(54-3)33(48)16-21/h4-12,14-18,27-29,35-36,45,48H,13,19H2,1-3H3. The largest absolute Gasteiger partial charge is 0.504 e. The highest BCUT2D eigenvalue weighted by Gasteiger charge is 2.70. The summed E-state index contributed by atoms with van der Waals surface area (Å²) in [5, 5.41) is 13.1. The van der Waals surface area contributed by atoms with E-state index in [1.165, 1.54) is 31.3 Å². The van der Waals surface area contributed by atoms with Crippen LogP contribution in [0.4, 0.5) is 11.4 Å². The molecule has 276 valence electrons. The molecule has 2 N–H and O–H groups in total. The van der Waals surface area contributed by atoms with Gasteiger partial charge in [-0.3, -0.25) is 24.6 Å². The highest BCUT2D eigenvalue weighted by atomic mass is 35.5. The predicted octanol–water partition coefficient (Wildman–Crippen LogP) is 7.87. The van der Waals surface area contributed by atoms with E-state index in [0.717, 1.165) is 16.1 Å². The van der Waals surface area contributed by atoms with E-state index in [9.17, 15) is 19.5 Å². The lowest BCUT2D eigenvalue weighted by molar-refractivity contribution is -0.138. The SMILES string of the molecule is COc1ccc(C23C(=O)N(Nc4ccc(Cl)cc4Cl)C(=O)C2CC2C(=CCC4C(=O)N(c5ccc(C)c(Cl)c5)C(=O)C42)C3c2ccc(OC)c(O)c2)cc1. The maximum Gasteiger partial charge on any atom is 0.260 e. The Labute approximate surface area is 326 Å². The molecule has 4 aromatic carbocycles. The summed E-state index contributed by atoms with van der Waals surface area (Å²) in [6, 6.07) is 21.6. The summed E-state index contributed by atoms with van der Waals surface area (Å²) in [6.07, 6.45) is 2.25. The Hall–Kier alpha value is -5.03. The Morgan fingerprint density at radius 1 is 0.815 bits per heavy atom. The minimum Gasteiger partial charge on any atom is -0.504 e. The molecular weight excluding hydrogens is 753 g/mol. The van der Waals surface area contributed by atoms with Gasteiger partial charge in [0.15, 0.2) is 11.5 Å². The molecule has 2 saturated heterocycles. The third-order valence-corrected chi connectivity index (χ3v) is 12.5. The number of fused-ring (bicyclic) bond motifs is 4. The van der Waals surface area contributed by atoms with Crippen LogP contribution in [0.15, 0.2) is 90.5 Å². The van der Waals surface area contributed by atoms with Gasteiger partial charge in [0.05, 0.1) is 53.8 Å². The minimum atomic E-state index is -1.58. The number of methoxy groups -OCH3 is 2. The van der Waals surface area contributed by atoms with Gasteiger partial charge in [-0.15, -0.1) is 0 Å². The number of aromatic hydroxyl groups is 1. The van der Waals surface area contributed by atoms with E-state index in [-0.39, 0.29) is 41.0 Å². The fraction of sp³-hybridized carbons (Fsp3) is 0.268. The summed E-state index contributed by atoms with van der Waals surface area (Å²) in [7, 11) is 2.97. The van der Waals surface area contributed by atoms with Crippen LogP contribution in [0.3, 0.4) is 0 Å². The van der Waals surface area contributed by atoms with Crippen LogP contribution in [0.25, 0.3) is 0 Å². The zero-order valence-electron chi connectivity index (χ0n) is 29.3. The molecule has 2 aliphatic heterocycles. The molecule has 0 radical (unpaired) electrons. The van der Waals surface area contributed by atoms with Gasteiger partial charge in [0.25, 0.3) is 11.8 Å². The molecule has 0 bridgehead atoms. The smallest absolute Gasteiger partial charge is 0.260 e. The van der Waals surface area contributed by atoms with Crippen LogP contribution in [0, 0.1) is 30.6 Å². The fourth-order valence-electron chi connectivity index (χ4n) is 9.08. The van der Waals surface area contributed by atoms with Crippen molar-refractivity contribution in [3.8, 4) is 17.2 Å². The number of phenolic OH excluding ortho intramolecular Hbond substituents is 1. The van der Waals surface area contributed by atoms with E-state index in [4.69, 9.17) is 44.3 Å². The van der Waals surface area contributed by atoms with Crippen molar-refractivity contribution < 1.29 is 33.8 Å². The molecule has 2 aliphatic carbocycles. The number of allylic oxidation sites excluding steroid dienone is 2. The molecule has 0 aromatic heterocycles. The minimum absolute atomic E-state index is 0.0796. The van der Waals surface area contributed by atoms with Gasteiger partial charge in [-0.05, 0) is 97.0 Å². The molecule has 10 nitrogen and oxygen atoms in total. The molecule has 1 saturated carbocycles. The van der Waals surface area contributed by atoms with Crippen LogP contribution in [0.2, 0.25) is 15.1 Å². The van der Waals surface area contributed by atoms with Gasteiger partial charge in [0, 0.05) is 16.0 Å². The summed E-state index contributed by atoms with van der Waals surface area (Å²) in [5.41, 5.74) is 4.64. The molecule has 6 unspecified atom stereocenters. The van der Waals surface area contributed by atoms with Crippen LogP contribution >= 0.6 is 34.8 Å². The molecule has 3 fully saturated rings. The van der Waals surface area contributed by atoms with Crippen molar-refractivity contribution in [2.45, 2.75) is 31.1 Å². The Balaban J connectivity index is 1.33. The normalized spacial score (nSPS) is 26.0. The molecule has 6 atom stereocenters. The van der Waals surface area contributed by atoms with Crippen molar-refractivity contribution in [2.75, 3.05) is 24.5 Å². The second-order valence-corrected chi connectivity index (χ2v) is 15.3. The van der Waals surface area contributed by atoms with E-state index < -0.39 is 52.7 Å². The molecule has 4 amide bonds. The maximum atomic E-state index is 15.4. The second-order valence-electron chi connectivity index (χ2n) is 14.1. The number of hydrogen-bond donors (Lipinski definition) is 2. The zero-order valence-corrected chi connectivity index (χ0v) is 31.6. The Morgan fingerprint density at radius 3 is 2.24 bits per heavy atom. The van der Waals surface area contributed by atoms with Crippen LogP contribution in [0.5, 0.6) is 17.2 Å². The number of hydrogen-bond acceptors (Lipinski definition) is 8. The van der Waals surface area contributed by atoms with E-state index in [2.05, 4.69) is 5.43 Å². The number of phenols is 1. The van der Waals surface area contributed by atoms with Crippen molar-refractivity contribution in [1.29, 1.82) is 0 Å². The van der Waals surface area contributed by atoms with Gasteiger partial charge in [0.2, 0.25) is 11.8 Å². The Kier molecular flexibility index (Phi) is 8.91. The lowest BCUT2D eigenvalue weighted by atomic mass is 9.49. The predicted molar refractivity (Wildman–Crippen MR) is 204 cm³/mol. The lowest BCUT2D eigenvalue weighted by Gasteiger charge is -2.50. The van der Waals surface area contributed by atoms with Crippen molar-refractivity contribution in [3.05, 3.63) is 122 Å². The number of ether oxygens (including phenoxy) is 2. The highest BCUT2D eigenvalue weighted by Crippen LogP contribution is 2.64. The van der Waals surface area contributed by atoms with E-state index in [0.29, 0.717) is 32.6 Å². The number of hydrazine groups is 1. The van der Waals surface area contributed by atoms with E-state index in [1.54, 1.807) is 66.7 Å². The fourth-order valence-corrected chi connectivity index (χ4v) is 9.71.